The van der Waals surface area contributed by atoms with Crippen molar-refractivity contribution in [3.05, 3.63) is 0 Å². The fourth-order valence-corrected chi connectivity index (χ4v) is 3.24. The van der Waals surface area contributed by atoms with Crippen LogP contribution < -0.4 is 29.6 Å². The molecule has 158 valence electrons. The normalized spacial score (nSPS) is 15.1. The van der Waals surface area contributed by atoms with Crippen LogP contribution in [0, 0.1) is 11.8 Å². The van der Waals surface area contributed by atoms with Gasteiger partial charge in [0, 0.05) is 13.2 Å². The Labute approximate surface area is 189 Å². The summed E-state index contributed by atoms with van der Waals surface area (Å²) in [6.07, 6.45) is 7.89. The first-order valence-corrected chi connectivity index (χ1v) is 11.5. The molecule has 2 atom stereocenters. The van der Waals surface area contributed by atoms with Crippen LogP contribution in [-0.2, 0) is 24.1 Å². The second-order valence-electron chi connectivity index (χ2n) is 7.03. The SMILES string of the molecule is CCCCC(CC)COCC(COCC(CC)CCCC)OS(=O)(=O)[O-].[Na+]. The number of unbranched alkanes of at least 4 members (excludes halogenated alkanes) is 2. The summed E-state index contributed by atoms with van der Waals surface area (Å²) in [5, 5.41) is 0. The van der Waals surface area contributed by atoms with Gasteiger partial charge >= 0.3 is 29.6 Å². The van der Waals surface area contributed by atoms with E-state index in [1.165, 1.54) is 0 Å². The van der Waals surface area contributed by atoms with Gasteiger partial charge in [-0.2, -0.15) is 0 Å². The predicted molar refractivity (Wildman–Crippen MR) is 103 cm³/mol. The maximum absolute atomic E-state index is 10.9. The Balaban J connectivity index is 0. The molecule has 0 aliphatic rings. The molecule has 0 rings (SSSR count). The van der Waals surface area contributed by atoms with Crippen molar-refractivity contribution in [1.82, 2.24) is 0 Å². The third-order valence-corrected chi connectivity index (χ3v) is 5.16. The van der Waals surface area contributed by atoms with Gasteiger partial charge in [-0.25, -0.2) is 8.42 Å². The van der Waals surface area contributed by atoms with Crippen LogP contribution in [0.1, 0.15) is 79.1 Å². The van der Waals surface area contributed by atoms with Crippen LogP contribution >= 0.6 is 0 Å². The maximum Gasteiger partial charge on any atom is 1.00 e. The van der Waals surface area contributed by atoms with Crippen molar-refractivity contribution < 1.29 is 56.2 Å². The number of ether oxygens (including phenoxy) is 2. The summed E-state index contributed by atoms with van der Waals surface area (Å²) < 4.78 is 48.7. The van der Waals surface area contributed by atoms with Crippen LogP contribution in [0.3, 0.4) is 0 Å². The molecule has 0 N–H and O–H groups in total. The molecule has 2 unspecified atom stereocenters. The van der Waals surface area contributed by atoms with Crippen molar-refractivity contribution in [2.75, 3.05) is 26.4 Å². The molecule has 0 spiro atoms. The van der Waals surface area contributed by atoms with E-state index in [1.807, 2.05) is 0 Å². The molecule has 0 aliphatic carbocycles. The largest absolute Gasteiger partial charge is 1.00 e. The summed E-state index contributed by atoms with van der Waals surface area (Å²) >= 11 is 0. The first-order chi connectivity index (χ1) is 12.4. The van der Waals surface area contributed by atoms with E-state index >= 15 is 0 Å². The summed E-state index contributed by atoms with van der Waals surface area (Å²) in [4.78, 5) is 0. The van der Waals surface area contributed by atoms with E-state index in [4.69, 9.17) is 9.47 Å². The zero-order valence-corrected chi connectivity index (χ0v) is 20.9. The molecule has 27 heavy (non-hydrogen) atoms. The Morgan fingerprint density at radius 1 is 0.778 bits per heavy atom. The van der Waals surface area contributed by atoms with Crippen LogP contribution in [-0.4, -0.2) is 45.5 Å². The molecular formula is C19H39NaO6S. The summed E-state index contributed by atoms with van der Waals surface area (Å²) in [7, 11) is -4.77. The molecule has 8 heteroatoms. The molecule has 0 aromatic carbocycles. The molecule has 0 saturated heterocycles. The summed E-state index contributed by atoms with van der Waals surface area (Å²) in [6.45, 7) is 9.72. The molecule has 0 radical (unpaired) electrons. The monoisotopic (exact) mass is 418 g/mol. The van der Waals surface area contributed by atoms with E-state index in [-0.39, 0.29) is 42.8 Å². The maximum atomic E-state index is 10.9. The van der Waals surface area contributed by atoms with E-state index in [9.17, 15) is 13.0 Å². The minimum Gasteiger partial charge on any atom is -0.726 e. The van der Waals surface area contributed by atoms with Gasteiger partial charge < -0.3 is 14.0 Å². The first-order valence-electron chi connectivity index (χ1n) is 10.2. The smallest absolute Gasteiger partial charge is 0.726 e. The van der Waals surface area contributed by atoms with Gasteiger partial charge in [-0.05, 0) is 24.7 Å². The van der Waals surface area contributed by atoms with Crippen LogP contribution in [0.5, 0.6) is 0 Å². The van der Waals surface area contributed by atoms with Crippen molar-refractivity contribution in [1.29, 1.82) is 0 Å². The van der Waals surface area contributed by atoms with Crippen LogP contribution in [0.15, 0.2) is 0 Å². The second-order valence-corrected chi connectivity index (χ2v) is 8.04. The van der Waals surface area contributed by atoms with E-state index in [0.717, 1.165) is 51.4 Å². The number of hydrogen-bond donors (Lipinski definition) is 0. The molecule has 0 fully saturated rings. The zero-order valence-electron chi connectivity index (χ0n) is 18.1. The van der Waals surface area contributed by atoms with Gasteiger partial charge in [0.2, 0.25) is 10.4 Å². The van der Waals surface area contributed by atoms with Gasteiger partial charge in [0.15, 0.2) is 0 Å². The summed E-state index contributed by atoms with van der Waals surface area (Å²) in [6, 6.07) is 0. The molecule has 0 amide bonds. The fraction of sp³-hybridized carbons (Fsp3) is 1.00. The standard InChI is InChI=1S/C19H40O6S.Na/c1-5-9-11-17(7-3)13-23-15-19(25-26(20,21)22)16-24-14-18(8-4)12-10-6-2;/h17-19H,5-16H2,1-4H3,(H,20,21,22);/q;+1/p-1. The molecule has 0 bridgehead atoms. The van der Waals surface area contributed by atoms with Crippen LogP contribution in [0.2, 0.25) is 0 Å². The molecule has 0 aromatic heterocycles. The Bertz CT molecular complexity index is 396. The van der Waals surface area contributed by atoms with E-state index < -0.39 is 16.5 Å². The van der Waals surface area contributed by atoms with Crippen molar-refractivity contribution in [2.45, 2.75) is 85.2 Å². The van der Waals surface area contributed by atoms with Gasteiger partial charge in [-0.3, -0.25) is 4.18 Å². The van der Waals surface area contributed by atoms with E-state index in [1.54, 1.807) is 0 Å². The van der Waals surface area contributed by atoms with Gasteiger partial charge in [0.05, 0.1) is 13.2 Å². The minimum atomic E-state index is -4.77. The fourth-order valence-electron chi connectivity index (χ4n) is 2.80. The van der Waals surface area contributed by atoms with Gasteiger partial charge in [-0.15, -0.1) is 0 Å². The van der Waals surface area contributed by atoms with Crippen molar-refractivity contribution in [2.24, 2.45) is 11.8 Å². The van der Waals surface area contributed by atoms with E-state index in [0.29, 0.717) is 25.0 Å². The first kappa shape index (κ1) is 30.0. The summed E-state index contributed by atoms with van der Waals surface area (Å²) in [5.41, 5.74) is 0. The zero-order chi connectivity index (χ0) is 19.8. The van der Waals surface area contributed by atoms with Crippen LogP contribution in [0.25, 0.3) is 0 Å². The predicted octanol–water partition coefficient (Wildman–Crippen LogP) is 1.30. The quantitative estimate of drug-likeness (QED) is 0.190. The molecular weight excluding hydrogens is 379 g/mol. The van der Waals surface area contributed by atoms with Crippen molar-refractivity contribution >= 4 is 10.4 Å². The van der Waals surface area contributed by atoms with Gasteiger partial charge in [-0.1, -0.05) is 66.2 Å². The van der Waals surface area contributed by atoms with Crippen LogP contribution in [0.4, 0.5) is 0 Å². The topological polar surface area (TPSA) is 84.9 Å². The number of hydrogen-bond acceptors (Lipinski definition) is 6. The average molecular weight is 419 g/mol. The van der Waals surface area contributed by atoms with Gasteiger partial charge in [0.1, 0.15) is 6.10 Å². The Kier molecular flexibility index (Phi) is 20.9. The van der Waals surface area contributed by atoms with Crippen molar-refractivity contribution in [3.63, 3.8) is 0 Å². The average Bonchev–Trinajstić information content (AvgIpc) is 2.59. The third kappa shape index (κ3) is 18.6. The third-order valence-electron chi connectivity index (χ3n) is 4.66. The number of rotatable bonds is 18. The molecule has 0 aromatic rings. The molecule has 0 aliphatic heterocycles. The second kappa shape index (κ2) is 18.8. The Hall–Kier alpha value is 0.790. The van der Waals surface area contributed by atoms with E-state index in [2.05, 4.69) is 31.9 Å². The van der Waals surface area contributed by atoms with Crippen molar-refractivity contribution in [3.8, 4) is 0 Å². The minimum absolute atomic E-state index is 0. The molecule has 0 saturated carbocycles. The molecule has 0 heterocycles. The summed E-state index contributed by atoms with van der Waals surface area (Å²) in [5.74, 6) is 0.887. The Morgan fingerprint density at radius 3 is 1.48 bits per heavy atom. The van der Waals surface area contributed by atoms with Gasteiger partial charge in [0.25, 0.3) is 0 Å². The molecule has 6 nitrogen and oxygen atoms in total. The Morgan fingerprint density at radius 2 is 1.19 bits per heavy atom.